The fraction of sp³-hybridized carbons (Fsp3) is 0.211. The first-order valence-electron chi connectivity index (χ1n) is 7.75. The molecule has 0 radical (unpaired) electrons. The first kappa shape index (κ1) is 16.7. The Morgan fingerprint density at radius 3 is 2.28 bits per heavy atom. The van der Waals surface area contributed by atoms with Crippen LogP contribution < -0.4 is 4.74 Å². The molecule has 3 rings (SSSR count). The maximum atomic E-state index is 12.2. The van der Waals surface area contributed by atoms with Gasteiger partial charge in [-0.15, -0.1) is 0 Å². The summed E-state index contributed by atoms with van der Waals surface area (Å²) in [5.41, 5.74) is 2.34. The number of esters is 1. The van der Waals surface area contributed by atoms with Crippen molar-refractivity contribution in [2.24, 2.45) is 0 Å². The van der Waals surface area contributed by atoms with Crippen LogP contribution in [-0.4, -0.2) is 36.3 Å². The topological polar surface area (TPSA) is 72.9 Å². The number of imide groups is 1. The van der Waals surface area contributed by atoms with Gasteiger partial charge in [-0.05, 0) is 31.2 Å². The van der Waals surface area contributed by atoms with E-state index in [0.29, 0.717) is 16.9 Å². The average molecular weight is 339 g/mol. The molecule has 0 N–H and O–H groups in total. The number of nitrogens with zero attached hydrogens (tertiary/aromatic N) is 1. The Balaban J connectivity index is 1.65. The molecular weight excluding hydrogens is 322 g/mol. The molecule has 1 aliphatic rings. The summed E-state index contributed by atoms with van der Waals surface area (Å²) in [5.74, 6) is -1.01. The van der Waals surface area contributed by atoms with Crippen molar-refractivity contribution < 1.29 is 23.9 Å². The van der Waals surface area contributed by atoms with Crippen molar-refractivity contribution in [3.05, 3.63) is 64.7 Å². The molecule has 128 valence electrons. The van der Waals surface area contributed by atoms with Crippen molar-refractivity contribution in [2.75, 3.05) is 13.7 Å². The van der Waals surface area contributed by atoms with Crippen LogP contribution in [0.3, 0.4) is 0 Å². The van der Waals surface area contributed by atoms with E-state index < -0.39 is 24.3 Å². The number of methoxy groups -OCH3 is 1. The Hall–Kier alpha value is -3.15. The van der Waals surface area contributed by atoms with Gasteiger partial charge in [-0.2, -0.15) is 0 Å². The lowest BCUT2D eigenvalue weighted by Gasteiger charge is -2.14. The van der Waals surface area contributed by atoms with E-state index in [1.54, 1.807) is 30.3 Å². The highest BCUT2D eigenvalue weighted by Gasteiger charge is 2.36. The number of aryl methyl sites for hydroxylation is 1. The first-order valence-corrected chi connectivity index (χ1v) is 7.75. The summed E-state index contributed by atoms with van der Waals surface area (Å²) in [5, 5.41) is 0. The normalized spacial score (nSPS) is 13.0. The van der Waals surface area contributed by atoms with E-state index in [1.807, 2.05) is 19.1 Å². The molecule has 2 aromatic carbocycles. The van der Waals surface area contributed by atoms with Crippen molar-refractivity contribution in [3.8, 4) is 5.75 Å². The van der Waals surface area contributed by atoms with Crippen LogP contribution in [0, 0.1) is 6.92 Å². The van der Waals surface area contributed by atoms with Crippen LogP contribution in [0.5, 0.6) is 5.75 Å². The molecular formula is C19H17NO5. The predicted octanol–water partition coefficient (Wildman–Crippen LogP) is 2.34. The second-order valence-electron chi connectivity index (χ2n) is 5.72. The fourth-order valence-electron chi connectivity index (χ4n) is 2.74. The quantitative estimate of drug-likeness (QED) is 0.617. The number of fused-ring (bicyclic) bond motifs is 1. The highest BCUT2D eigenvalue weighted by atomic mass is 16.5. The van der Waals surface area contributed by atoms with Gasteiger partial charge in [0.05, 0.1) is 18.2 Å². The van der Waals surface area contributed by atoms with Gasteiger partial charge in [0.1, 0.15) is 18.9 Å². The number of hydrogen-bond donors (Lipinski definition) is 0. The molecule has 1 heterocycles. The van der Waals surface area contributed by atoms with Crippen LogP contribution in [0.25, 0.3) is 0 Å². The Morgan fingerprint density at radius 2 is 1.68 bits per heavy atom. The number of rotatable bonds is 5. The monoisotopic (exact) mass is 339 g/mol. The third-order valence-electron chi connectivity index (χ3n) is 3.99. The molecule has 25 heavy (non-hydrogen) atoms. The molecule has 6 nitrogen and oxygen atoms in total. The van der Waals surface area contributed by atoms with Crippen LogP contribution in [0.4, 0.5) is 0 Å². The van der Waals surface area contributed by atoms with Crippen LogP contribution >= 0.6 is 0 Å². The molecule has 0 aliphatic carbocycles. The lowest BCUT2D eigenvalue weighted by Crippen LogP contribution is -2.35. The number of amides is 2. The number of hydrogen-bond acceptors (Lipinski definition) is 5. The van der Waals surface area contributed by atoms with Gasteiger partial charge in [-0.25, -0.2) is 0 Å². The first-order chi connectivity index (χ1) is 12.0. The molecule has 0 spiro atoms. The maximum absolute atomic E-state index is 12.2. The molecule has 2 aromatic rings. The van der Waals surface area contributed by atoms with E-state index in [0.717, 1.165) is 16.0 Å². The maximum Gasteiger partial charge on any atom is 0.326 e. The number of carbonyl (C=O) groups is 3. The lowest BCUT2D eigenvalue weighted by molar-refractivity contribution is -0.145. The second-order valence-corrected chi connectivity index (χ2v) is 5.72. The molecule has 0 atom stereocenters. The molecule has 0 saturated heterocycles. The van der Waals surface area contributed by atoms with Crippen molar-refractivity contribution in [2.45, 2.75) is 13.5 Å². The van der Waals surface area contributed by atoms with Crippen molar-refractivity contribution in [1.82, 2.24) is 4.90 Å². The van der Waals surface area contributed by atoms with Gasteiger partial charge in [-0.3, -0.25) is 19.3 Å². The predicted molar refractivity (Wildman–Crippen MR) is 89.3 cm³/mol. The van der Waals surface area contributed by atoms with Gasteiger partial charge >= 0.3 is 5.97 Å². The van der Waals surface area contributed by atoms with Gasteiger partial charge < -0.3 is 9.47 Å². The number of benzene rings is 2. The van der Waals surface area contributed by atoms with E-state index in [4.69, 9.17) is 9.47 Å². The zero-order valence-corrected chi connectivity index (χ0v) is 13.9. The fourth-order valence-corrected chi connectivity index (χ4v) is 2.74. The lowest BCUT2D eigenvalue weighted by atomic mass is 10.1. The number of carbonyl (C=O) groups excluding carboxylic acids is 3. The molecule has 1 aliphatic heterocycles. The minimum absolute atomic E-state index is 0.00680. The second kappa shape index (κ2) is 6.76. The third kappa shape index (κ3) is 3.24. The summed E-state index contributed by atoms with van der Waals surface area (Å²) >= 11 is 0. The van der Waals surface area contributed by atoms with Gasteiger partial charge in [-0.1, -0.05) is 23.8 Å². The number of ether oxygens (including phenoxy) is 2. The van der Waals surface area contributed by atoms with Crippen LogP contribution in [0.2, 0.25) is 0 Å². The zero-order chi connectivity index (χ0) is 18.0. The summed E-state index contributed by atoms with van der Waals surface area (Å²) in [7, 11) is 1.54. The Labute approximate surface area is 145 Å². The van der Waals surface area contributed by atoms with Crippen LogP contribution in [0.15, 0.2) is 42.5 Å². The highest BCUT2D eigenvalue weighted by molar-refractivity contribution is 6.22. The largest absolute Gasteiger partial charge is 0.496 e. The molecule has 0 unspecified atom stereocenters. The molecule has 0 bridgehead atoms. The standard InChI is InChI=1S/C19H17NO5/c1-12-7-8-16(24-2)13(9-12)11-25-17(21)10-20-18(22)14-5-3-4-6-15(14)19(20)23/h3-9H,10-11H2,1-2H3. The van der Waals surface area contributed by atoms with E-state index >= 15 is 0 Å². The highest BCUT2D eigenvalue weighted by Crippen LogP contribution is 2.23. The SMILES string of the molecule is COc1ccc(C)cc1COC(=O)CN1C(=O)c2ccccc2C1=O. The zero-order valence-electron chi connectivity index (χ0n) is 13.9. The summed E-state index contributed by atoms with van der Waals surface area (Å²) < 4.78 is 10.5. The minimum Gasteiger partial charge on any atom is -0.496 e. The summed E-state index contributed by atoms with van der Waals surface area (Å²) in [6, 6.07) is 12.0. The van der Waals surface area contributed by atoms with Gasteiger partial charge in [0.15, 0.2) is 0 Å². The molecule has 0 saturated carbocycles. The van der Waals surface area contributed by atoms with Crippen LogP contribution in [0.1, 0.15) is 31.8 Å². The van der Waals surface area contributed by atoms with Crippen LogP contribution in [-0.2, 0) is 16.1 Å². The van der Waals surface area contributed by atoms with E-state index in [9.17, 15) is 14.4 Å². The Kier molecular flexibility index (Phi) is 4.52. The van der Waals surface area contributed by atoms with E-state index in [2.05, 4.69) is 0 Å². The summed E-state index contributed by atoms with van der Waals surface area (Å²) in [6.45, 7) is 1.51. The van der Waals surface area contributed by atoms with E-state index in [1.165, 1.54) is 7.11 Å². The van der Waals surface area contributed by atoms with Gasteiger partial charge in [0, 0.05) is 5.56 Å². The van der Waals surface area contributed by atoms with Crippen molar-refractivity contribution in [3.63, 3.8) is 0 Å². The molecule has 2 amide bonds. The minimum atomic E-state index is -0.655. The third-order valence-corrected chi connectivity index (χ3v) is 3.99. The average Bonchev–Trinajstić information content (AvgIpc) is 2.85. The molecule has 6 heteroatoms. The van der Waals surface area contributed by atoms with E-state index in [-0.39, 0.29) is 6.61 Å². The smallest absolute Gasteiger partial charge is 0.326 e. The van der Waals surface area contributed by atoms with Crippen molar-refractivity contribution >= 4 is 17.8 Å². The molecule has 0 aromatic heterocycles. The van der Waals surface area contributed by atoms with Crippen molar-refractivity contribution in [1.29, 1.82) is 0 Å². The molecule has 0 fully saturated rings. The Bertz CT molecular complexity index is 824. The summed E-state index contributed by atoms with van der Waals surface area (Å²) in [6.07, 6.45) is 0. The van der Waals surface area contributed by atoms with Gasteiger partial charge in [0.25, 0.3) is 11.8 Å². The summed E-state index contributed by atoms with van der Waals surface area (Å²) in [4.78, 5) is 37.5. The Morgan fingerprint density at radius 1 is 1.04 bits per heavy atom. The van der Waals surface area contributed by atoms with Gasteiger partial charge in [0.2, 0.25) is 0 Å².